The van der Waals surface area contributed by atoms with Gasteiger partial charge in [0, 0.05) is 27.3 Å². The van der Waals surface area contributed by atoms with E-state index in [1.807, 2.05) is 0 Å². The molecular weight excluding hydrogens is 242 g/mol. The fourth-order valence-electron chi connectivity index (χ4n) is 1.97. The maximum absolute atomic E-state index is 5.38. The third kappa shape index (κ3) is 2.90. The smallest absolute Gasteiger partial charge is 0.219 e. The number of aromatic nitrogens is 2. The van der Waals surface area contributed by atoms with Crippen LogP contribution in [0.15, 0.2) is 0 Å². The van der Waals surface area contributed by atoms with E-state index in [-0.39, 0.29) is 12.2 Å². The van der Waals surface area contributed by atoms with Crippen LogP contribution in [0.2, 0.25) is 0 Å². The number of rotatable bonds is 5. The number of ether oxygens (including phenoxy) is 2. The zero-order valence-corrected chi connectivity index (χ0v) is 10.7. The molecule has 0 spiro atoms. The molecule has 17 heavy (non-hydrogen) atoms. The van der Waals surface area contributed by atoms with Gasteiger partial charge in [-0.15, -0.1) is 10.2 Å². The number of nitrogen functional groups attached to an aromatic ring is 1. The zero-order chi connectivity index (χ0) is 12.3. The maximum atomic E-state index is 5.38. The van der Waals surface area contributed by atoms with Crippen molar-refractivity contribution in [1.82, 2.24) is 15.1 Å². The number of anilines is 1. The van der Waals surface area contributed by atoms with Crippen LogP contribution in [0.25, 0.3) is 0 Å². The van der Waals surface area contributed by atoms with E-state index in [1.165, 1.54) is 11.3 Å². The molecule has 1 aromatic rings. The Morgan fingerprint density at radius 3 is 2.47 bits per heavy atom. The largest absolute Gasteiger partial charge is 0.377 e. The lowest BCUT2D eigenvalue weighted by molar-refractivity contribution is -0.00461. The van der Waals surface area contributed by atoms with Crippen LogP contribution in [-0.2, 0) is 16.0 Å². The fourth-order valence-corrected chi connectivity index (χ4v) is 2.66. The summed E-state index contributed by atoms with van der Waals surface area (Å²) in [5, 5.41) is 9.52. The summed E-state index contributed by atoms with van der Waals surface area (Å²) in [6, 6.07) is 0. The van der Waals surface area contributed by atoms with Gasteiger partial charge in [-0.05, 0) is 0 Å². The van der Waals surface area contributed by atoms with E-state index in [9.17, 15) is 0 Å². The molecule has 2 rings (SSSR count). The summed E-state index contributed by atoms with van der Waals surface area (Å²) in [6.45, 7) is 2.44. The lowest BCUT2D eigenvalue weighted by Crippen LogP contribution is -2.27. The molecule has 2 unspecified atom stereocenters. The summed E-state index contributed by atoms with van der Waals surface area (Å²) in [6.07, 6.45) is 0.250. The highest BCUT2D eigenvalue weighted by molar-refractivity contribution is 7.15. The van der Waals surface area contributed by atoms with Crippen molar-refractivity contribution >= 4 is 16.5 Å². The second-order valence-corrected chi connectivity index (χ2v) is 4.95. The summed E-state index contributed by atoms with van der Waals surface area (Å²) < 4.78 is 10.8. The number of nitrogens with one attached hydrogen (secondary N) is 1. The van der Waals surface area contributed by atoms with Gasteiger partial charge < -0.3 is 9.47 Å². The summed E-state index contributed by atoms with van der Waals surface area (Å²) in [7, 11) is 3.42. The predicted molar refractivity (Wildman–Crippen MR) is 64.6 cm³/mol. The lowest BCUT2D eigenvalue weighted by atomic mass is 10.3. The van der Waals surface area contributed by atoms with Gasteiger partial charge in [0.15, 0.2) is 0 Å². The highest BCUT2D eigenvalue weighted by Crippen LogP contribution is 2.21. The molecule has 0 aliphatic carbocycles. The number of nitrogens with zero attached hydrogens (tertiary/aromatic N) is 3. The van der Waals surface area contributed by atoms with Crippen LogP contribution in [0.1, 0.15) is 5.01 Å². The summed E-state index contributed by atoms with van der Waals surface area (Å²) in [5.41, 5.74) is 2.49. The Morgan fingerprint density at radius 2 is 2.00 bits per heavy atom. The maximum Gasteiger partial charge on any atom is 0.219 e. The van der Waals surface area contributed by atoms with Crippen molar-refractivity contribution in [3.63, 3.8) is 0 Å². The van der Waals surface area contributed by atoms with E-state index in [4.69, 9.17) is 15.3 Å². The Bertz CT molecular complexity index is 349. The molecule has 1 aromatic heterocycles. The Labute approximate surface area is 104 Å². The minimum Gasteiger partial charge on any atom is -0.377 e. The molecule has 1 saturated heterocycles. The molecule has 0 radical (unpaired) electrons. The van der Waals surface area contributed by atoms with Crippen molar-refractivity contribution in [3.05, 3.63) is 5.01 Å². The molecule has 0 saturated carbocycles. The highest BCUT2D eigenvalue weighted by atomic mass is 32.1. The summed E-state index contributed by atoms with van der Waals surface area (Å²) in [5.74, 6) is 5.26. The van der Waals surface area contributed by atoms with Crippen molar-refractivity contribution in [2.24, 2.45) is 5.84 Å². The molecule has 1 aliphatic rings. The molecule has 8 heteroatoms. The van der Waals surface area contributed by atoms with Crippen LogP contribution in [0.4, 0.5) is 5.13 Å². The average Bonchev–Trinajstić information content (AvgIpc) is 2.95. The first-order valence-corrected chi connectivity index (χ1v) is 6.15. The first kappa shape index (κ1) is 12.7. The second kappa shape index (κ2) is 5.69. The Balaban J connectivity index is 1.92. The van der Waals surface area contributed by atoms with Gasteiger partial charge >= 0.3 is 0 Å². The van der Waals surface area contributed by atoms with Crippen LogP contribution < -0.4 is 11.3 Å². The third-order valence-electron chi connectivity index (χ3n) is 2.85. The van der Waals surface area contributed by atoms with Crippen molar-refractivity contribution < 1.29 is 9.47 Å². The predicted octanol–water partition coefficient (Wildman–Crippen LogP) is -0.331. The molecule has 96 valence electrons. The zero-order valence-electron chi connectivity index (χ0n) is 9.92. The van der Waals surface area contributed by atoms with Gasteiger partial charge in [-0.1, -0.05) is 11.3 Å². The van der Waals surface area contributed by atoms with Gasteiger partial charge in [-0.25, -0.2) is 5.84 Å². The normalized spacial score (nSPS) is 25.4. The van der Waals surface area contributed by atoms with Crippen molar-refractivity contribution in [2.45, 2.75) is 18.8 Å². The first-order valence-electron chi connectivity index (χ1n) is 5.33. The van der Waals surface area contributed by atoms with Crippen LogP contribution >= 0.6 is 11.3 Å². The fraction of sp³-hybridized carbons (Fsp3) is 0.778. The molecule has 0 amide bonds. The van der Waals surface area contributed by atoms with Crippen LogP contribution in [0.5, 0.6) is 0 Å². The molecule has 0 aromatic carbocycles. The van der Waals surface area contributed by atoms with Gasteiger partial charge in [0.25, 0.3) is 0 Å². The standard InChI is InChI=1S/C9H17N5O2S/c1-15-6-3-14(4-7(6)16-2)5-8-12-13-9(11-10)17-8/h6-7H,3-5,10H2,1-2H3,(H,11,13). The highest BCUT2D eigenvalue weighted by Gasteiger charge is 2.33. The Kier molecular flexibility index (Phi) is 4.24. The molecule has 2 atom stereocenters. The quantitative estimate of drug-likeness (QED) is 0.553. The minimum absolute atomic E-state index is 0.125. The summed E-state index contributed by atoms with van der Waals surface area (Å²) in [4.78, 5) is 2.24. The number of hydrazine groups is 1. The van der Waals surface area contributed by atoms with Gasteiger partial charge in [-0.3, -0.25) is 10.3 Å². The number of methoxy groups -OCH3 is 2. The summed E-state index contributed by atoms with van der Waals surface area (Å²) >= 11 is 1.46. The minimum atomic E-state index is 0.125. The van der Waals surface area contributed by atoms with Crippen molar-refractivity contribution in [2.75, 3.05) is 32.7 Å². The topological polar surface area (TPSA) is 85.5 Å². The number of hydrogen-bond acceptors (Lipinski definition) is 8. The molecule has 7 nitrogen and oxygen atoms in total. The Hall–Kier alpha value is -0.800. The van der Waals surface area contributed by atoms with Crippen molar-refractivity contribution in [1.29, 1.82) is 0 Å². The van der Waals surface area contributed by atoms with Crippen LogP contribution in [0.3, 0.4) is 0 Å². The van der Waals surface area contributed by atoms with E-state index in [0.29, 0.717) is 5.13 Å². The average molecular weight is 259 g/mol. The molecule has 1 fully saturated rings. The third-order valence-corrected chi connectivity index (χ3v) is 3.68. The van der Waals surface area contributed by atoms with Gasteiger partial charge in [0.1, 0.15) is 5.01 Å². The van der Waals surface area contributed by atoms with Gasteiger partial charge in [-0.2, -0.15) is 0 Å². The van der Waals surface area contributed by atoms with E-state index in [1.54, 1.807) is 14.2 Å². The van der Waals surface area contributed by atoms with Crippen molar-refractivity contribution in [3.8, 4) is 0 Å². The molecule has 1 aliphatic heterocycles. The van der Waals surface area contributed by atoms with Crippen LogP contribution in [-0.4, -0.2) is 54.6 Å². The lowest BCUT2D eigenvalue weighted by Gasteiger charge is -2.13. The van der Waals surface area contributed by atoms with E-state index in [0.717, 1.165) is 24.6 Å². The van der Waals surface area contributed by atoms with E-state index in [2.05, 4.69) is 20.5 Å². The number of hydrogen-bond donors (Lipinski definition) is 2. The molecule has 3 N–H and O–H groups in total. The molecular formula is C9H17N5O2S. The first-order chi connectivity index (χ1) is 8.26. The number of nitrogens with two attached hydrogens (primary N) is 1. The van der Waals surface area contributed by atoms with E-state index < -0.39 is 0 Å². The van der Waals surface area contributed by atoms with E-state index >= 15 is 0 Å². The molecule has 0 bridgehead atoms. The number of likely N-dealkylation sites (tertiary alicyclic amines) is 1. The van der Waals surface area contributed by atoms with Gasteiger partial charge in [0.05, 0.1) is 18.8 Å². The monoisotopic (exact) mass is 259 g/mol. The van der Waals surface area contributed by atoms with Crippen LogP contribution in [0, 0.1) is 0 Å². The van der Waals surface area contributed by atoms with Gasteiger partial charge in [0.2, 0.25) is 5.13 Å². The molecule has 2 heterocycles. The second-order valence-electron chi connectivity index (χ2n) is 3.89. The SMILES string of the molecule is COC1CN(Cc2nnc(NN)s2)CC1OC. The Morgan fingerprint density at radius 1 is 1.35 bits per heavy atom.